The largest absolute Gasteiger partial charge is 0.491 e. The first kappa shape index (κ1) is 7.94. The van der Waals surface area contributed by atoms with E-state index in [-0.39, 0.29) is 10.8 Å². The van der Waals surface area contributed by atoms with Gasteiger partial charge in [0.25, 0.3) is 0 Å². The van der Waals surface area contributed by atoms with Gasteiger partial charge in [-0.15, -0.1) is 0 Å². The Balaban J connectivity index is 3.37. The molecule has 4 nitrogen and oxygen atoms in total. The molecule has 0 unspecified atom stereocenters. The number of halogens is 1. The van der Waals surface area contributed by atoms with Crippen molar-refractivity contribution in [3.63, 3.8) is 0 Å². The molecule has 0 spiro atoms. The summed E-state index contributed by atoms with van der Waals surface area (Å²) in [6, 6.07) is 1.33. The molecule has 11 heavy (non-hydrogen) atoms. The molecular weight excluding hydrogens is 170 g/mol. The SMILES string of the molecule is COc1cc(Cl)cn(O)c1=O. The minimum absolute atomic E-state index is 0.0139. The Bertz CT molecular complexity index is 320. The molecule has 1 heterocycles. The number of nitrogens with zero attached hydrogens (tertiary/aromatic N) is 1. The van der Waals surface area contributed by atoms with Crippen molar-refractivity contribution in [3.05, 3.63) is 27.6 Å². The van der Waals surface area contributed by atoms with Gasteiger partial charge < -0.3 is 9.94 Å². The summed E-state index contributed by atoms with van der Waals surface area (Å²) in [5.74, 6) is 0.0139. The fourth-order valence-electron chi connectivity index (χ4n) is 0.659. The number of hydrogen-bond acceptors (Lipinski definition) is 3. The van der Waals surface area contributed by atoms with Crippen LogP contribution < -0.4 is 10.3 Å². The van der Waals surface area contributed by atoms with Gasteiger partial charge in [-0.1, -0.05) is 11.6 Å². The quantitative estimate of drug-likeness (QED) is 0.641. The van der Waals surface area contributed by atoms with Crippen LogP contribution in [0.3, 0.4) is 0 Å². The number of aromatic nitrogens is 1. The first-order valence-corrected chi connectivity index (χ1v) is 3.18. The van der Waals surface area contributed by atoms with Gasteiger partial charge >= 0.3 is 5.56 Å². The molecular formula is C6H6ClNO3. The van der Waals surface area contributed by atoms with Gasteiger partial charge in [0, 0.05) is 6.07 Å². The van der Waals surface area contributed by atoms with E-state index in [2.05, 4.69) is 4.74 Å². The maximum absolute atomic E-state index is 10.9. The molecule has 5 heteroatoms. The van der Waals surface area contributed by atoms with E-state index >= 15 is 0 Å². The van der Waals surface area contributed by atoms with Crippen molar-refractivity contribution in [2.45, 2.75) is 0 Å². The Labute approximate surface area is 67.6 Å². The number of ether oxygens (including phenoxy) is 1. The molecule has 1 N–H and O–H groups in total. The van der Waals surface area contributed by atoms with Crippen LogP contribution in [0.5, 0.6) is 5.75 Å². The molecule has 0 saturated carbocycles. The smallest absolute Gasteiger partial charge is 0.325 e. The molecule has 0 aliphatic heterocycles. The Morgan fingerprint density at radius 3 is 2.91 bits per heavy atom. The number of pyridine rings is 1. The summed E-state index contributed by atoms with van der Waals surface area (Å²) in [6.07, 6.45) is 1.09. The predicted molar refractivity (Wildman–Crippen MR) is 39.4 cm³/mol. The molecule has 0 fully saturated rings. The van der Waals surface area contributed by atoms with Crippen LogP contribution in [0, 0.1) is 0 Å². The van der Waals surface area contributed by atoms with Gasteiger partial charge in [0.15, 0.2) is 5.75 Å². The highest BCUT2D eigenvalue weighted by Gasteiger charge is 2.03. The van der Waals surface area contributed by atoms with Gasteiger partial charge in [-0.05, 0) is 0 Å². The van der Waals surface area contributed by atoms with Crippen LogP contribution in [-0.2, 0) is 0 Å². The van der Waals surface area contributed by atoms with E-state index in [9.17, 15) is 4.79 Å². The second-order valence-electron chi connectivity index (χ2n) is 1.88. The van der Waals surface area contributed by atoms with Crippen LogP contribution in [0.25, 0.3) is 0 Å². The summed E-state index contributed by atoms with van der Waals surface area (Å²) >= 11 is 5.50. The number of methoxy groups -OCH3 is 1. The van der Waals surface area contributed by atoms with Gasteiger partial charge in [-0.3, -0.25) is 4.79 Å². The van der Waals surface area contributed by atoms with Crippen LogP contribution in [0.2, 0.25) is 5.02 Å². The van der Waals surface area contributed by atoms with Gasteiger partial charge in [0.05, 0.1) is 18.3 Å². The van der Waals surface area contributed by atoms with Crippen LogP contribution in [-0.4, -0.2) is 17.0 Å². The maximum Gasteiger partial charge on any atom is 0.325 e. The van der Waals surface area contributed by atoms with E-state index in [1.54, 1.807) is 0 Å². The Morgan fingerprint density at radius 2 is 2.36 bits per heavy atom. The fraction of sp³-hybridized carbons (Fsp3) is 0.167. The summed E-state index contributed by atoms with van der Waals surface area (Å²) in [4.78, 5) is 10.9. The van der Waals surface area contributed by atoms with Gasteiger partial charge in [-0.25, -0.2) is 0 Å². The van der Waals surface area contributed by atoms with E-state index in [0.717, 1.165) is 6.20 Å². The van der Waals surface area contributed by atoms with Crippen molar-refractivity contribution in [2.75, 3.05) is 7.11 Å². The highest BCUT2D eigenvalue weighted by Crippen LogP contribution is 2.10. The van der Waals surface area contributed by atoms with Crippen LogP contribution in [0.15, 0.2) is 17.1 Å². The standard InChI is InChI=1S/C6H6ClNO3/c1-11-5-2-4(7)3-8(10)6(5)9/h2-3,10H,1H3. The van der Waals surface area contributed by atoms with Crippen molar-refractivity contribution in [3.8, 4) is 5.75 Å². The molecule has 1 rings (SSSR count). The Morgan fingerprint density at radius 1 is 1.73 bits per heavy atom. The molecule has 1 aromatic rings. The molecule has 0 saturated heterocycles. The second-order valence-corrected chi connectivity index (χ2v) is 2.31. The molecule has 0 aliphatic rings. The first-order valence-electron chi connectivity index (χ1n) is 2.80. The lowest BCUT2D eigenvalue weighted by molar-refractivity contribution is 0.170. The second kappa shape index (κ2) is 2.84. The molecule has 0 bridgehead atoms. The number of rotatable bonds is 1. The van der Waals surface area contributed by atoms with E-state index in [4.69, 9.17) is 16.8 Å². The summed E-state index contributed by atoms with van der Waals surface area (Å²) < 4.78 is 5.00. The molecule has 0 aliphatic carbocycles. The molecule has 0 aromatic carbocycles. The summed E-state index contributed by atoms with van der Waals surface area (Å²) in [5, 5.41) is 9.09. The average molecular weight is 176 g/mol. The van der Waals surface area contributed by atoms with Crippen LogP contribution in [0.1, 0.15) is 0 Å². The van der Waals surface area contributed by atoms with Crippen molar-refractivity contribution in [2.24, 2.45) is 0 Å². The van der Waals surface area contributed by atoms with E-state index in [1.165, 1.54) is 13.2 Å². The lowest BCUT2D eigenvalue weighted by Crippen LogP contribution is -2.18. The Hall–Kier alpha value is -1.16. The van der Waals surface area contributed by atoms with Gasteiger partial charge in [0.2, 0.25) is 0 Å². The van der Waals surface area contributed by atoms with Crippen molar-refractivity contribution in [1.29, 1.82) is 0 Å². The zero-order valence-corrected chi connectivity index (χ0v) is 6.50. The van der Waals surface area contributed by atoms with Crippen molar-refractivity contribution in [1.82, 2.24) is 4.73 Å². The predicted octanol–water partition coefficient (Wildman–Crippen LogP) is 0.748. The highest BCUT2D eigenvalue weighted by atomic mass is 35.5. The summed E-state index contributed by atoms with van der Waals surface area (Å²) in [7, 11) is 1.33. The monoisotopic (exact) mass is 175 g/mol. The van der Waals surface area contributed by atoms with Gasteiger partial charge in [0.1, 0.15) is 0 Å². The molecule has 1 aromatic heterocycles. The summed E-state index contributed by atoms with van der Waals surface area (Å²) in [6.45, 7) is 0. The molecule has 0 radical (unpaired) electrons. The zero-order chi connectivity index (χ0) is 8.43. The van der Waals surface area contributed by atoms with Crippen molar-refractivity contribution < 1.29 is 9.94 Å². The lowest BCUT2D eigenvalue weighted by Gasteiger charge is -2.00. The van der Waals surface area contributed by atoms with Gasteiger partial charge in [-0.2, -0.15) is 4.73 Å². The summed E-state index contributed by atoms with van der Waals surface area (Å²) in [5.41, 5.74) is -0.628. The fourth-order valence-corrected chi connectivity index (χ4v) is 0.850. The third-order valence-electron chi connectivity index (χ3n) is 1.15. The topological polar surface area (TPSA) is 51.5 Å². The molecule has 0 amide bonds. The molecule has 60 valence electrons. The molecule has 0 atom stereocenters. The maximum atomic E-state index is 10.9. The van der Waals surface area contributed by atoms with Crippen molar-refractivity contribution >= 4 is 11.6 Å². The Kier molecular flexibility index (Phi) is 2.05. The first-order chi connectivity index (χ1) is 5.15. The lowest BCUT2D eigenvalue weighted by atomic mass is 10.4. The van der Waals surface area contributed by atoms with Crippen LogP contribution in [0.4, 0.5) is 0 Å². The van der Waals surface area contributed by atoms with Crippen LogP contribution >= 0.6 is 11.6 Å². The van der Waals surface area contributed by atoms with E-state index < -0.39 is 5.56 Å². The average Bonchev–Trinajstić information content (AvgIpc) is 1.96. The third-order valence-corrected chi connectivity index (χ3v) is 1.36. The normalized spacial score (nSPS) is 9.64. The zero-order valence-electron chi connectivity index (χ0n) is 5.74. The van der Waals surface area contributed by atoms with E-state index in [0.29, 0.717) is 4.73 Å². The minimum atomic E-state index is -0.628. The number of hydrogen-bond donors (Lipinski definition) is 1. The minimum Gasteiger partial charge on any atom is -0.491 e. The highest BCUT2D eigenvalue weighted by molar-refractivity contribution is 6.30. The third kappa shape index (κ3) is 1.46. The van der Waals surface area contributed by atoms with E-state index in [1.807, 2.05) is 0 Å².